The van der Waals surface area contributed by atoms with Crippen molar-refractivity contribution < 1.29 is 13.6 Å². The van der Waals surface area contributed by atoms with Gasteiger partial charge in [0.25, 0.3) is 5.91 Å². The van der Waals surface area contributed by atoms with Gasteiger partial charge in [0, 0.05) is 19.3 Å². The molecule has 0 saturated heterocycles. The average Bonchev–Trinajstić information content (AvgIpc) is 2.73. The molecule has 0 spiro atoms. The van der Waals surface area contributed by atoms with Crippen molar-refractivity contribution in [3.05, 3.63) is 42.0 Å². The van der Waals surface area contributed by atoms with Gasteiger partial charge >= 0.3 is 0 Å². The highest BCUT2D eigenvalue weighted by Crippen LogP contribution is 2.21. The minimum Gasteiger partial charge on any atom is -0.396 e. The van der Waals surface area contributed by atoms with Crippen molar-refractivity contribution in [2.24, 2.45) is 7.05 Å². The van der Waals surface area contributed by atoms with Gasteiger partial charge < -0.3 is 15.6 Å². The molecule has 0 aliphatic heterocycles. The Bertz CT molecular complexity index is 609. The van der Waals surface area contributed by atoms with Gasteiger partial charge in [-0.25, -0.2) is 13.8 Å². The number of rotatable bonds is 2. The zero-order valence-electron chi connectivity index (χ0n) is 9.45. The molecule has 0 bridgehead atoms. The van der Waals surface area contributed by atoms with Crippen LogP contribution in [0.1, 0.15) is 10.5 Å². The summed E-state index contributed by atoms with van der Waals surface area (Å²) in [5.74, 6) is -2.37. The number of aromatic nitrogens is 2. The molecule has 1 aromatic carbocycles. The van der Waals surface area contributed by atoms with Crippen LogP contribution in [-0.4, -0.2) is 15.5 Å². The molecule has 0 radical (unpaired) electrons. The number of aryl methyl sites for hydroxylation is 1. The lowest BCUT2D eigenvalue weighted by Gasteiger charge is -2.06. The first-order valence-electron chi connectivity index (χ1n) is 5.01. The van der Waals surface area contributed by atoms with Gasteiger partial charge in [0.2, 0.25) is 0 Å². The molecule has 0 atom stereocenters. The summed E-state index contributed by atoms with van der Waals surface area (Å²) >= 11 is 0. The summed E-state index contributed by atoms with van der Waals surface area (Å²) in [6.07, 6.45) is 2.91. The number of carbonyl (C=O) groups is 1. The van der Waals surface area contributed by atoms with Crippen LogP contribution in [0.4, 0.5) is 20.2 Å². The monoisotopic (exact) mass is 252 g/mol. The number of hydrogen-bond donors (Lipinski definition) is 2. The minimum atomic E-state index is -0.897. The maximum absolute atomic E-state index is 13.4. The fourth-order valence-electron chi connectivity index (χ4n) is 1.38. The Balaban J connectivity index is 2.24. The Kier molecular flexibility index (Phi) is 2.97. The summed E-state index contributed by atoms with van der Waals surface area (Å²) in [4.78, 5) is 15.5. The number of hydrogen-bond acceptors (Lipinski definition) is 3. The SMILES string of the molecule is Cn1cnc(C(=O)Nc2cc(N)c(F)cc2F)c1. The van der Waals surface area contributed by atoms with Crippen LogP contribution in [0.5, 0.6) is 0 Å². The van der Waals surface area contributed by atoms with E-state index in [-0.39, 0.29) is 17.1 Å². The molecular weight excluding hydrogens is 242 g/mol. The molecule has 0 saturated carbocycles. The second-order valence-electron chi connectivity index (χ2n) is 3.73. The number of amides is 1. The number of nitrogens with zero attached hydrogens (tertiary/aromatic N) is 2. The van der Waals surface area contributed by atoms with Gasteiger partial charge in [0.1, 0.15) is 17.3 Å². The van der Waals surface area contributed by atoms with E-state index in [0.717, 1.165) is 6.07 Å². The predicted octanol–water partition coefficient (Wildman–Crippen LogP) is 1.53. The molecule has 94 valence electrons. The Morgan fingerprint density at radius 2 is 2.11 bits per heavy atom. The number of nitrogens with one attached hydrogen (secondary N) is 1. The van der Waals surface area contributed by atoms with Crippen LogP contribution in [-0.2, 0) is 7.05 Å². The van der Waals surface area contributed by atoms with Crippen molar-refractivity contribution in [1.82, 2.24) is 9.55 Å². The zero-order valence-corrected chi connectivity index (χ0v) is 9.45. The maximum Gasteiger partial charge on any atom is 0.275 e. The summed E-state index contributed by atoms with van der Waals surface area (Å²) in [5, 5.41) is 2.27. The number of carbonyl (C=O) groups excluding carboxylic acids is 1. The number of nitrogens with two attached hydrogens (primary N) is 1. The second-order valence-corrected chi connectivity index (χ2v) is 3.73. The third-order valence-electron chi connectivity index (χ3n) is 2.27. The van der Waals surface area contributed by atoms with E-state index in [4.69, 9.17) is 5.73 Å². The normalized spacial score (nSPS) is 10.4. The number of nitrogen functional groups attached to an aromatic ring is 1. The van der Waals surface area contributed by atoms with Gasteiger partial charge in [0.15, 0.2) is 0 Å². The van der Waals surface area contributed by atoms with Crippen LogP contribution in [0.2, 0.25) is 0 Å². The van der Waals surface area contributed by atoms with Gasteiger partial charge in [-0.3, -0.25) is 4.79 Å². The molecule has 7 heteroatoms. The maximum atomic E-state index is 13.4. The zero-order chi connectivity index (χ0) is 13.3. The van der Waals surface area contributed by atoms with Crippen molar-refractivity contribution in [3.63, 3.8) is 0 Å². The van der Waals surface area contributed by atoms with Gasteiger partial charge in [-0.1, -0.05) is 0 Å². The van der Waals surface area contributed by atoms with Gasteiger partial charge in [-0.05, 0) is 6.07 Å². The lowest BCUT2D eigenvalue weighted by atomic mass is 10.2. The molecule has 3 N–H and O–H groups in total. The third-order valence-corrected chi connectivity index (χ3v) is 2.27. The number of benzene rings is 1. The molecule has 2 aromatic rings. The molecule has 1 aromatic heterocycles. The fourth-order valence-corrected chi connectivity index (χ4v) is 1.38. The van der Waals surface area contributed by atoms with E-state index in [1.807, 2.05) is 0 Å². The molecular formula is C11H10F2N4O. The van der Waals surface area contributed by atoms with E-state index in [2.05, 4.69) is 10.3 Å². The number of imidazole rings is 1. The van der Waals surface area contributed by atoms with E-state index in [1.165, 1.54) is 12.5 Å². The van der Waals surface area contributed by atoms with Crippen LogP contribution in [0.3, 0.4) is 0 Å². The number of anilines is 2. The summed E-state index contributed by atoms with van der Waals surface area (Å²) in [5.41, 5.74) is 4.99. The Morgan fingerprint density at radius 1 is 1.39 bits per heavy atom. The lowest BCUT2D eigenvalue weighted by molar-refractivity contribution is 0.102. The van der Waals surface area contributed by atoms with Crippen molar-refractivity contribution in [2.75, 3.05) is 11.1 Å². The second kappa shape index (κ2) is 4.44. The Hall–Kier alpha value is -2.44. The molecule has 18 heavy (non-hydrogen) atoms. The summed E-state index contributed by atoms with van der Waals surface area (Å²) in [7, 11) is 1.69. The van der Waals surface area contributed by atoms with E-state index < -0.39 is 17.5 Å². The van der Waals surface area contributed by atoms with Crippen LogP contribution in [0.25, 0.3) is 0 Å². The molecule has 2 rings (SSSR count). The Labute approximate surface area is 101 Å². The van der Waals surface area contributed by atoms with Crippen LogP contribution < -0.4 is 11.1 Å². The first kappa shape index (κ1) is 12.0. The molecule has 0 fully saturated rings. The third kappa shape index (κ3) is 2.29. The van der Waals surface area contributed by atoms with E-state index in [9.17, 15) is 13.6 Å². The summed E-state index contributed by atoms with van der Waals surface area (Å²) < 4.78 is 27.9. The summed E-state index contributed by atoms with van der Waals surface area (Å²) in [6.45, 7) is 0. The predicted molar refractivity (Wildman–Crippen MR) is 61.9 cm³/mol. The minimum absolute atomic E-state index is 0.125. The first-order chi connectivity index (χ1) is 8.47. The summed E-state index contributed by atoms with van der Waals surface area (Å²) in [6, 6.07) is 1.63. The van der Waals surface area contributed by atoms with Crippen LogP contribution in [0, 0.1) is 11.6 Å². The fraction of sp³-hybridized carbons (Fsp3) is 0.0909. The highest BCUT2D eigenvalue weighted by Gasteiger charge is 2.13. The van der Waals surface area contributed by atoms with Crippen molar-refractivity contribution >= 4 is 17.3 Å². The van der Waals surface area contributed by atoms with Gasteiger partial charge in [-0.15, -0.1) is 0 Å². The molecule has 0 unspecified atom stereocenters. The van der Waals surface area contributed by atoms with Crippen molar-refractivity contribution in [1.29, 1.82) is 0 Å². The first-order valence-corrected chi connectivity index (χ1v) is 5.01. The van der Waals surface area contributed by atoms with Crippen molar-refractivity contribution in [3.8, 4) is 0 Å². The number of halogens is 2. The topological polar surface area (TPSA) is 72.9 Å². The molecule has 1 amide bonds. The Morgan fingerprint density at radius 3 is 2.72 bits per heavy atom. The van der Waals surface area contributed by atoms with E-state index >= 15 is 0 Å². The molecule has 1 heterocycles. The molecule has 5 nitrogen and oxygen atoms in total. The van der Waals surface area contributed by atoms with Crippen LogP contribution >= 0.6 is 0 Å². The highest BCUT2D eigenvalue weighted by atomic mass is 19.1. The largest absolute Gasteiger partial charge is 0.396 e. The molecule has 0 aliphatic carbocycles. The quantitative estimate of drug-likeness (QED) is 0.796. The average molecular weight is 252 g/mol. The van der Waals surface area contributed by atoms with E-state index in [0.29, 0.717) is 6.07 Å². The van der Waals surface area contributed by atoms with E-state index in [1.54, 1.807) is 11.6 Å². The standard InChI is InChI=1S/C11H10F2N4O/c1-17-4-10(15-5-17)11(18)16-9-3-8(14)6(12)2-7(9)13/h2-5H,14H2,1H3,(H,16,18). The lowest BCUT2D eigenvalue weighted by Crippen LogP contribution is -2.14. The highest BCUT2D eigenvalue weighted by molar-refractivity contribution is 6.03. The van der Waals surface area contributed by atoms with Crippen LogP contribution in [0.15, 0.2) is 24.7 Å². The van der Waals surface area contributed by atoms with Gasteiger partial charge in [0.05, 0.1) is 17.7 Å². The van der Waals surface area contributed by atoms with Crippen molar-refractivity contribution in [2.45, 2.75) is 0 Å². The molecule has 0 aliphatic rings. The van der Waals surface area contributed by atoms with Gasteiger partial charge in [-0.2, -0.15) is 0 Å². The smallest absolute Gasteiger partial charge is 0.275 e.